The van der Waals surface area contributed by atoms with Crippen molar-refractivity contribution in [3.05, 3.63) is 23.9 Å². The minimum Gasteiger partial charge on any atom is -0.370 e. The van der Waals surface area contributed by atoms with E-state index in [2.05, 4.69) is 15.6 Å². The van der Waals surface area contributed by atoms with Gasteiger partial charge in [-0.2, -0.15) is 0 Å². The third kappa shape index (κ3) is 4.24. The average Bonchev–Trinajstić information content (AvgIpc) is 2.36. The summed E-state index contributed by atoms with van der Waals surface area (Å²) in [6.45, 7) is 5.94. The molecule has 2 amide bonds. The van der Waals surface area contributed by atoms with Crippen molar-refractivity contribution < 1.29 is 9.59 Å². The van der Waals surface area contributed by atoms with Gasteiger partial charge in [0.05, 0.1) is 0 Å². The molecule has 1 heterocycles. The maximum atomic E-state index is 12.0. The van der Waals surface area contributed by atoms with Crippen molar-refractivity contribution in [1.82, 2.24) is 10.3 Å². The second-order valence-electron chi connectivity index (χ2n) is 4.80. The van der Waals surface area contributed by atoms with Crippen LogP contribution in [-0.4, -0.2) is 28.9 Å². The summed E-state index contributed by atoms with van der Waals surface area (Å²) in [7, 11) is 0. The van der Waals surface area contributed by atoms with E-state index in [0.29, 0.717) is 11.4 Å². The first-order valence-electron chi connectivity index (χ1n) is 6.19. The van der Waals surface area contributed by atoms with Gasteiger partial charge in [0.25, 0.3) is 5.91 Å². The number of amides is 2. The first-order valence-corrected chi connectivity index (χ1v) is 6.19. The van der Waals surface area contributed by atoms with E-state index in [1.165, 1.54) is 0 Å². The Balaban J connectivity index is 2.80. The van der Waals surface area contributed by atoms with Gasteiger partial charge < -0.3 is 16.4 Å². The first kappa shape index (κ1) is 14.9. The summed E-state index contributed by atoms with van der Waals surface area (Å²) >= 11 is 0. The van der Waals surface area contributed by atoms with Gasteiger partial charge in [0.2, 0.25) is 5.91 Å². The van der Waals surface area contributed by atoms with Gasteiger partial charge in [-0.3, -0.25) is 9.59 Å². The summed E-state index contributed by atoms with van der Waals surface area (Å²) in [6.07, 6.45) is 2.51. The molecule has 19 heavy (non-hydrogen) atoms. The highest BCUT2D eigenvalue weighted by atomic mass is 16.2. The Labute approximate surface area is 112 Å². The van der Waals surface area contributed by atoms with E-state index in [0.717, 1.165) is 13.0 Å². The molecule has 0 saturated carbocycles. The molecular weight excluding hydrogens is 244 g/mol. The van der Waals surface area contributed by atoms with Crippen LogP contribution in [0.2, 0.25) is 0 Å². The van der Waals surface area contributed by atoms with Gasteiger partial charge in [-0.1, -0.05) is 6.92 Å². The maximum Gasteiger partial charge on any atom is 0.252 e. The predicted octanol–water partition coefficient (Wildman–Crippen LogP) is 0.897. The summed E-state index contributed by atoms with van der Waals surface area (Å²) in [4.78, 5) is 27.3. The summed E-state index contributed by atoms with van der Waals surface area (Å²) in [6, 6.07) is 3.23. The number of carbonyl (C=O) groups excluding carboxylic acids is 2. The zero-order chi connectivity index (χ0) is 14.5. The molecule has 1 aromatic heterocycles. The number of hydrogen-bond acceptors (Lipinski definition) is 4. The molecule has 1 aromatic rings. The van der Waals surface area contributed by atoms with Crippen molar-refractivity contribution in [3.8, 4) is 0 Å². The topological polar surface area (TPSA) is 97.1 Å². The fraction of sp³-hybridized carbons (Fsp3) is 0.462. The molecule has 6 heteroatoms. The highest BCUT2D eigenvalue weighted by Gasteiger charge is 2.27. The standard InChI is InChI=1S/C13H20N4O2/c1-4-6-15-10-8-9(5-7-16-10)11(18)17-13(2,3)12(14)19/h5,7-8H,4,6H2,1-3H3,(H2,14,19)(H,15,16)(H,17,18). The number of hydrogen-bond donors (Lipinski definition) is 3. The number of pyridine rings is 1. The summed E-state index contributed by atoms with van der Waals surface area (Å²) in [5.74, 6) is -0.309. The molecule has 6 nitrogen and oxygen atoms in total. The molecule has 104 valence electrons. The Morgan fingerprint density at radius 1 is 1.42 bits per heavy atom. The Kier molecular flexibility index (Phi) is 4.86. The van der Waals surface area contributed by atoms with Crippen molar-refractivity contribution >= 4 is 17.6 Å². The largest absolute Gasteiger partial charge is 0.370 e. The van der Waals surface area contributed by atoms with E-state index in [-0.39, 0.29) is 5.91 Å². The Hall–Kier alpha value is -2.11. The van der Waals surface area contributed by atoms with Gasteiger partial charge in [0, 0.05) is 18.3 Å². The molecule has 0 spiro atoms. The van der Waals surface area contributed by atoms with Crippen molar-refractivity contribution in [3.63, 3.8) is 0 Å². The van der Waals surface area contributed by atoms with E-state index in [1.807, 2.05) is 6.92 Å². The number of nitrogens with one attached hydrogen (secondary N) is 2. The number of nitrogens with zero attached hydrogens (tertiary/aromatic N) is 1. The van der Waals surface area contributed by atoms with Crippen LogP contribution < -0.4 is 16.4 Å². The van der Waals surface area contributed by atoms with Gasteiger partial charge in [-0.05, 0) is 32.4 Å². The summed E-state index contributed by atoms with van der Waals surface area (Å²) in [5, 5.41) is 5.68. The highest BCUT2D eigenvalue weighted by Crippen LogP contribution is 2.09. The number of carbonyl (C=O) groups is 2. The molecule has 0 atom stereocenters. The van der Waals surface area contributed by atoms with Crippen molar-refractivity contribution in [2.24, 2.45) is 5.73 Å². The predicted molar refractivity (Wildman–Crippen MR) is 73.8 cm³/mol. The van der Waals surface area contributed by atoms with Crippen LogP contribution >= 0.6 is 0 Å². The van der Waals surface area contributed by atoms with Crippen LogP contribution in [0, 0.1) is 0 Å². The molecule has 0 unspecified atom stereocenters. The first-order chi connectivity index (χ1) is 8.86. The minimum absolute atomic E-state index is 0.356. The lowest BCUT2D eigenvalue weighted by Gasteiger charge is -2.22. The molecule has 4 N–H and O–H groups in total. The second kappa shape index (κ2) is 6.17. The molecule has 1 rings (SSSR count). The normalized spacial score (nSPS) is 10.9. The van der Waals surface area contributed by atoms with Crippen LogP contribution in [-0.2, 0) is 4.79 Å². The van der Waals surface area contributed by atoms with Crippen LogP contribution in [0.5, 0.6) is 0 Å². The monoisotopic (exact) mass is 264 g/mol. The molecule has 0 aliphatic heterocycles. The third-order valence-electron chi connectivity index (χ3n) is 2.62. The minimum atomic E-state index is -1.09. The fourth-order valence-electron chi connectivity index (χ4n) is 1.34. The van der Waals surface area contributed by atoms with Crippen molar-refractivity contribution in [2.45, 2.75) is 32.7 Å². The Morgan fingerprint density at radius 2 is 2.11 bits per heavy atom. The number of anilines is 1. The second-order valence-corrected chi connectivity index (χ2v) is 4.80. The van der Waals surface area contributed by atoms with Crippen LogP contribution in [0.4, 0.5) is 5.82 Å². The lowest BCUT2D eigenvalue weighted by molar-refractivity contribution is -0.122. The van der Waals surface area contributed by atoms with Crippen molar-refractivity contribution in [1.29, 1.82) is 0 Å². The van der Waals surface area contributed by atoms with Crippen LogP contribution in [0.15, 0.2) is 18.3 Å². The molecular formula is C13H20N4O2. The number of rotatable bonds is 6. The van der Waals surface area contributed by atoms with E-state index in [4.69, 9.17) is 5.73 Å². The molecule has 0 aromatic carbocycles. The molecule has 0 radical (unpaired) electrons. The average molecular weight is 264 g/mol. The van der Waals surface area contributed by atoms with Gasteiger partial charge in [0.1, 0.15) is 11.4 Å². The van der Waals surface area contributed by atoms with Gasteiger partial charge in [-0.15, -0.1) is 0 Å². The summed E-state index contributed by atoms with van der Waals surface area (Å²) < 4.78 is 0. The van der Waals surface area contributed by atoms with E-state index < -0.39 is 11.4 Å². The van der Waals surface area contributed by atoms with Gasteiger partial charge in [0.15, 0.2) is 0 Å². The quantitative estimate of drug-likeness (QED) is 0.711. The van der Waals surface area contributed by atoms with Crippen LogP contribution in [0.1, 0.15) is 37.6 Å². The highest BCUT2D eigenvalue weighted by molar-refractivity contribution is 5.98. The number of nitrogens with two attached hydrogens (primary N) is 1. The molecule has 0 aliphatic carbocycles. The lowest BCUT2D eigenvalue weighted by Crippen LogP contribution is -2.53. The van der Waals surface area contributed by atoms with Crippen molar-refractivity contribution in [2.75, 3.05) is 11.9 Å². The number of aromatic nitrogens is 1. The molecule has 0 fully saturated rings. The number of primary amides is 1. The Morgan fingerprint density at radius 3 is 2.68 bits per heavy atom. The van der Waals surface area contributed by atoms with Gasteiger partial charge >= 0.3 is 0 Å². The molecule has 0 bridgehead atoms. The van der Waals surface area contributed by atoms with Crippen LogP contribution in [0.3, 0.4) is 0 Å². The lowest BCUT2D eigenvalue weighted by atomic mass is 10.0. The third-order valence-corrected chi connectivity index (χ3v) is 2.62. The van der Waals surface area contributed by atoms with E-state index in [1.54, 1.807) is 32.2 Å². The maximum absolute atomic E-state index is 12.0. The van der Waals surface area contributed by atoms with Gasteiger partial charge in [-0.25, -0.2) is 4.98 Å². The molecule has 0 aliphatic rings. The zero-order valence-electron chi connectivity index (χ0n) is 11.5. The van der Waals surface area contributed by atoms with Crippen LogP contribution in [0.25, 0.3) is 0 Å². The zero-order valence-corrected chi connectivity index (χ0v) is 11.5. The smallest absolute Gasteiger partial charge is 0.252 e. The van der Waals surface area contributed by atoms with E-state index >= 15 is 0 Å². The molecule has 0 saturated heterocycles. The van der Waals surface area contributed by atoms with E-state index in [9.17, 15) is 9.59 Å². The SMILES string of the molecule is CCCNc1cc(C(=O)NC(C)(C)C(N)=O)ccn1. The Bertz CT molecular complexity index is 471. The summed E-state index contributed by atoms with van der Waals surface area (Å²) in [5.41, 5.74) is 4.56. The fourth-order valence-corrected chi connectivity index (χ4v) is 1.34.